The Balaban J connectivity index is 2.20. The number of carbonyl (C=O) groups excluding carboxylic acids is 3. The van der Waals surface area contributed by atoms with Crippen LogP contribution in [-0.2, 0) is 14.3 Å². The van der Waals surface area contributed by atoms with Crippen molar-refractivity contribution in [3.63, 3.8) is 0 Å². The molecule has 0 aromatic heterocycles. The first kappa shape index (κ1) is 18.9. The fraction of sp³-hybridized carbons (Fsp3) is 0.353. The standard InChI is InChI=1S/C17H20N2O5S/c1-4-23-16(21)14-10(2)18-17(22)19-12(14)9-24-15(20)11-7-5-6-8-13(11)25-3/h5-8,10H,4,9H2,1-3H3,(H2,18,19,22). The summed E-state index contributed by atoms with van der Waals surface area (Å²) in [5.41, 5.74) is 0.902. The Labute approximate surface area is 150 Å². The maximum absolute atomic E-state index is 12.3. The van der Waals surface area contributed by atoms with Crippen LogP contribution >= 0.6 is 11.8 Å². The lowest BCUT2D eigenvalue weighted by Crippen LogP contribution is -2.50. The van der Waals surface area contributed by atoms with Gasteiger partial charge in [-0.15, -0.1) is 11.8 Å². The summed E-state index contributed by atoms with van der Waals surface area (Å²) in [5.74, 6) is -1.08. The van der Waals surface area contributed by atoms with Crippen LogP contribution in [0.1, 0.15) is 24.2 Å². The van der Waals surface area contributed by atoms with Crippen molar-refractivity contribution in [2.24, 2.45) is 0 Å². The van der Waals surface area contributed by atoms with E-state index >= 15 is 0 Å². The molecule has 0 bridgehead atoms. The largest absolute Gasteiger partial charge is 0.463 e. The van der Waals surface area contributed by atoms with Gasteiger partial charge in [0.25, 0.3) is 0 Å². The molecule has 134 valence electrons. The molecule has 1 unspecified atom stereocenters. The van der Waals surface area contributed by atoms with Gasteiger partial charge in [0.1, 0.15) is 6.61 Å². The number of carbonyl (C=O) groups is 3. The number of hydrogen-bond donors (Lipinski definition) is 2. The monoisotopic (exact) mass is 364 g/mol. The Morgan fingerprint density at radius 2 is 1.92 bits per heavy atom. The van der Waals surface area contributed by atoms with Crippen LogP contribution in [0, 0.1) is 0 Å². The topological polar surface area (TPSA) is 93.7 Å². The molecule has 0 radical (unpaired) electrons. The van der Waals surface area contributed by atoms with Crippen molar-refractivity contribution >= 4 is 29.7 Å². The zero-order chi connectivity index (χ0) is 18.4. The van der Waals surface area contributed by atoms with Crippen molar-refractivity contribution in [3.8, 4) is 0 Å². The average Bonchev–Trinajstić information content (AvgIpc) is 2.59. The second-order valence-electron chi connectivity index (χ2n) is 5.21. The number of nitrogens with one attached hydrogen (secondary N) is 2. The molecule has 0 aliphatic carbocycles. The Hall–Kier alpha value is -2.48. The predicted molar refractivity (Wildman–Crippen MR) is 93.3 cm³/mol. The van der Waals surface area contributed by atoms with Crippen LogP contribution in [-0.4, -0.2) is 43.5 Å². The van der Waals surface area contributed by atoms with Crippen LogP contribution < -0.4 is 10.6 Å². The molecule has 2 amide bonds. The maximum atomic E-state index is 12.3. The second kappa shape index (κ2) is 8.57. The molecule has 1 aromatic carbocycles. The van der Waals surface area contributed by atoms with Gasteiger partial charge >= 0.3 is 18.0 Å². The number of esters is 2. The van der Waals surface area contributed by atoms with Gasteiger partial charge in [0, 0.05) is 4.90 Å². The SMILES string of the molecule is CCOC(=O)C1=C(COC(=O)c2ccccc2SC)NC(=O)NC1C. The van der Waals surface area contributed by atoms with Crippen LogP contribution in [0.25, 0.3) is 0 Å². The van der Waals surface area contributed by atoms with E-state index in [9.17, 15) is 14.4 Å². The van der Waals surface area contributed by atoms with Gasteiger partial charge in [-0.05, 0) is 32.2 Å². The number of benzene rings is 1. The van der Waals surface area contributed by atoms with Gasteiger partial charge in [0.2, 0.25) is 0 Å². The number of ether oxygens (including phenoxy) is 2. The summed E-state index contributed by atoms with van der Waals surface area (Å²) < 4.78 is 10.3. The van der Waals surface area contributed by atoms with Crippen molar-refractivity contribution in [2.75, 3.05) is 19.5 Å². The van der Waals surface area contributed by atoms with Crippen LogP contribution in [0.3, 0.4) is 0 Å². The molecule has 2 N–H and O–H groups in total. The third-order valence-electron chi connectivity index (χ3n) is 3.54. The van der Waals surface area contributed by atoms with Gasteiger partial charge in [-0.3, -0.25) is 0 Å². The fourth-order valence-electron chi connectivity index (χ4n) is 2.42. The minimum atomic E-state index is -0.557. The zero-order valence-corrected chi connectivity index (χ0v) is 15.1. The summed E-state index contributed by atoms with van der Waals surface area (Å²) in [5, 5.41) is 5.10. The quantitative estimate of drug-likeness (QED) is 0.593. The molecular weight excluding hydrogens is 344 g/mol. The van der Waals surface area contributed by atoms with Crippen LogP contribution in [0.5, 0.6) is 0 Å². The minimum absolute atomic E-state index is 0.206. The Morgan fingerprint density at radius 3 is 2.60 bits per heavy atom. The van der Waals surface area contributed by atoms with E-state index in [1.54, 1.807) is 26.0 Å². The highest BCUT2D eigenvalue weighted by Crippen LogP contribution is 2.21. The van der Waals surface area contributed by atoms with E-state index in [0.717, 1.165) is 4.90 Å². The van der Waals surface area contributed by atoms with Crippen LogP contribution in [0.2, 0.25) is 0 Å². The van der Waals surface area contributed by atoms with E-state index in [1.807, 2.05) is 18.4 Å². The summed E-state index contributed by atoms with van der Waals surface area (Å²) in [6.07, 6.45) is 1.86. The van der Waals surface area contributed by atoms with Crippen molar-refractivity contribution in [2.45, 2.75) is 24.8 Å². The number of amides is 2. The predicted octanol–water partition coefficient (Wildman–Crippen LogP) is 2.08. The Morgan fingerprint density at radius 1 is 1.20 bits per heavy atom. The molecular formula is C17H20N2O5S. The summed E-state index contributed by atoms with van der Waals surface area (Å²) in [7, 11) is 0. The van der Waals surface area contributed by atoms with E-state index in [-0.39, 0.29) is 24.5 Å². The molecule has 1 heterocycles. The lowest BCUT2D eigenvalue weighted by Gasteiger charge is -2.26. The molecule has 1 aliphatic rings. The minimum Gasteiger partial charge on any atom is -0.463 e. The zero-order valence-electron chi connectivity index (χ0n) is 14.3. The smallest absolute Gasteiger partial charge is 0.339 e. The highest BCUT2D eigenvalue weighted by molar-refractivity contribution is 7.98. The fourth-order valence-corrected chi connectivity index (χ4v) is 3.01. The molecule has 0 saturated carbocycles. The first-order chi connectivity index (χ1) is 12.0. The molecule has 1 atom stereocenters. The summed E-state index contributed by atoms with van der Waals surface area (Å²) in [4.78, 5) is 36.9. The van der Waals surface area contributed by atoms with E-state index in [2.05, 4.69) is 10.6 Å². The van der Waals surface area contributed by atoms with Crippen LogP contribution in [0.15, 0.2) is 40.4 Å². The van der Waals surface area contributed by atoms with Gasteiger partial charge in [-0.1, -0.05) is 12.1 Å². The highest BCUT2D eigenvalue weighted by atomic mass is 32.2. The normalized spacial score (nSPS) is 16.8. The van der Waals surface area contributed by atoms with E-state index < -0.39 is 24.0 Å². The molecule has 0 saturated heterocycles. The molecule has 2 rings (SSSR count). The van der Waals surface area contributed by atoms with E-state index in [1.165, 1.54) is 11.8 Å². The highest BCUT2D eigenvalue weighted by Gasteiger charge is 2.30. The van der Waals surface area contributed by atoms with Crippen LogP contribution in [0.4, 0.5) is 4.79 Å². The third-order valence-corrected chi connectivity index (χ3v) is 4.34. The molecule has 7 nitrogen and oxygen atoms in total. The molecule has 0 fully saturated rings. The molecule has 1 aliphatic heterocycles. The van der Waals surface area contributed by atoms with Crippen molar-refractivity contribution in [1.29, 1.82) is 0 Å². The maximum Gasteiger partial charge on any atom is 0.339 e. The van der Waals surface area contributed by atoms with Gasteiger partial charge in [0.05, 0.1) is 29.5 Å². The molecule has 1 aromatic rings. The lowest BCUT2D eigenvalue weighted by molar-refractivity contribution is -0.139. The third kappa shape index (κ3) is 4.54. The summed E-state index contributed by atoms with van der Waals surface area (Å²) in [6.45, 7) is 3.33. The first-order valence-electron chi connectivity index (χ1n) is 7.75. The van der Waals surface area contributed by atoms with Gasteiger partial charge in [0.15, 0.2) is 0 Å². The van der Waals surface area contributed by atoms with Gasteiger partial charge in [-0.2, -0.15) is 0 Å². The summed E-state index contributed by atoms with van der Waals surface area (Å²) in [6, 6.07) is 6.06. The van der Waals surface area contributed by atoms with Gasteiger partial charge in [-0.25, -0.2) is 14.4 Å². The summed E-state index contributed by atoms with van der Waals surface area (Å²) >= 11 is 1.43. The number of hydrogen-bond acceptors (Lipinski definition) is 6. The molecule has 0 spiro atoms. The number of thioether (sulfide) groups is 1. The van der Waals surface area contributed by atoms with Gasteiger partial charge < -0.3 is 20.1 Å². The second-order valence-corrected chi connectivity index (χ2v) is 6.06. The number of urea groups is 1. The Bertz CT molecular complexity index is 717. The molecule has 25 heavy (non-hydrogen) atoms. The van der Waals surface area contributed by atoms with E-state index in [4.69, 9.17) is 9.47 Å². The number of rotatable bonds is 6. The lowest BCUT2D eigenvalue weighted by atomic mass is 10.0. The van der Waals surface area contributed by atoms with Crippen molar-refractivity contribution < 1.29 is 23.9 Å². The van der Waals surface area contributed by atoms with E-state index in [0.29, 0.717) is 5.56 Å². The Kier molecular flexibility index (Phi) is 6.46. The van der Waals surface area contributed by atoms with Crippen molar-refractivity contribution in [1.82, 2.24) is 10.6 Å². The molecule has 8 heteroatoms. The first-order valence-corrected chi connectivity index (χ1v) is 8.98. The van der Waals surface area contributed by atoms with Crippen molar-refractivity contribution in [3.05, 3.63) is 41.1 Å². The average molecular weight is 364 g/mol.